The number of aromatic hydroxyl groups is 1. The van der Waals surface area contributed by atoms with Crippen LogP contribution in [0, 0.1) is 0 Å². The molecule has 2 atom stereocenters. The average molecular weight is 483 g/mol. The lowest BCUT2D eigenvalue weighted by atomic mass is 10.0. The number of nitrogens with one attached hydrogen (secondary N) is 2. The minimum atomic E-state index is -0.749. The van der Waals surface area contributed by atoms with Crippen LogP contribution in [0.4, 0.5) is 0 Å². The lowest BCUT2D eigenvalue weighted by Crippen LogP contribution is -2.32. The lowest BCUT2D eigenvalue weighted by Gasteiger charge is -2.18. The number of rotatable bonds is 11. The van der Waals surface area contributed by atoms with Gasteiger partial charge in [0.2, 0.25) is 5.91 Å². The van der Waals surface area contributed by atoms with E-state index in [0.29, 0.717) is 35.7 Å². The van der Waals surface area contributed by atoms with Gasteiger partial charge in [0.25, 0.3) is 0 Å². The number of phenols is 1. The van der Waals surface area contributed by atoms with Gasteiger partial charge in [-0.2, -0.15) is 0 Å². The summed E-state index contributed by atoms with van der Waals surface area (Å²) in [6, 6.07) is 20.2. The maximum Gasteiger partial charge on any atom is 0.224 e. The molecule has 0 aliphatic heterocycles. The van der Waals surface area contributed by atoms with Crippen LogP contribution in [0.2, 0.25) is 5.02 Å². The maximum atomic E-state index is 12.3. The van der Waals surface area contributed by atoms with E-state index in [1.165, 1.54) is 6.07 Å². The highest BCUT2D eigenvalue weighted by Crippen LogP contribution is 2.22. The van der Waals surface area contributed by atoms with Crippen LogP contribution < -0.4 is 10.6 Å². The van der Waals surface area contributed by atoms with Crippen molar-refractivity contribution in [3.8, 4) is 5.75 Å². The predicted molar refractivity (Wildman–Crippen MR) is 134 cm³/mol. The molecule has 1 amide bonds. The van der Waals surface area contributed by atoms with Gasteiger partial charge in [-0.1, -0.05) is 54.1 Å². The number of carbonyl (C=O) groups excluding carboxylic acids is 1. The van der Waals surface area contributed by atoms with Crippen LogP contribution in [0.25, 0.3) is 0 Å². The summed E-state index contributed by atoms with van der Waals surface area (Å²) in [5.74, 6) is -0.0304. The second-order valence-electron chi connectivity index (χ2n) is 8.48. The summed E-state index contributed by atoms with van der Waals surface area (Å²) < 4.78 is 0. The maximum absolute atomic E-state index is 12.3. The van der Waals surface area contributed by atoms with Crippen molar-refractivity contribution in [1.29, 1.82) is 0 Å². The molecule has 0 spiro atoms. The third-order valence-electron chi connectivity index (χ3n) is 5.63. The van der Waals surface area contributed by atoms with Gasteiger partial charge in [0, 0.05) is 29.7 Å². The number of carbonyl (C=O) groups is 1. The smallest absolute Gasteiger partial charge is 0.224 e. The summed E-state index contributed by atoms with van der Waals surface area (Å²) in [4.78, 5) is 12.3. The highest BCUT2D eigenvalue weighted by molar-refractivity contribution is 6.30. The zero-order chi connectivity index (χ0) is 24.5. The second kappa shape index (κ2) is 12.5. The molecule has 6 nitrogen and oxygen atoms in total. The fourth-order valence-electron chi connectivity index (χ4n) is 3.68. The Morgan fingerprint density at radius 3 is 2.44 bits per heavy atom. The Hall–Kier alpha value is -2.90. The molecule has 5 N–H and O–H groups in total. The Morgan fingerprint density at radius 1 is 1.00 bits per heavy atom. The SMILES string of the molecule is CC(Cc1ccc(CC(=O)NCc2cccc(Cl)c2)cc1)NC[C@H](O)c1ccc(O)c(CO)c1. The summed E-state index contributed by atoms with van der Waals surface area (Å²) in [7, 11) is 0. The largest absolute Gasteiger partial charge is 0.508 e. The highest BCUT2D eigenvalue weighted by Gasteiger charge is 2.12. The normalized spacial score (nSPS) is 12.8. The molecule has 3 aromatic rings. The van der Waals surface area contributed by atoms with Crippen molar-refractivity contribution < 1.29 is 20.1 Å². The van der Waals surface area contributed by atoms with Crippen LogP contribution >= 0.6 is 11.6 Å². The van der Waals surface area contributed by atoms with E-state index in [9.17, 15) is 20.1 Å². The fraction of sp³-hybridized carbons (Fsp3) is 0.296. The predicted octanol–water partition coefficient (Wildman–Crippen LogP) is 3.65. The molecule has 0 saturated heterocycles. The van der Waals surface area contributed by atoms with Crippen LogP contribution in [-0.4, -0.2) is 33.8 Å². The first-order valence-electron chi connectivity index (χ1n) is 11.3. The van der Waals surface area contributed by atoms with Crippen molar-refractivity contribution in [2.24, 2.45) is 0 Å². The molecule has 0 heterocycles. The molecule has 3 aromatic carbocycles. The molecule has 34 heavy (non-hydrogen) atoms. The van der Waals surface area contributed by atoms with E-state index in [1.807, 2.05) is 49.4 Å². The van der Waals surface area contributed by atoms with Crippen LogP contribution in [0.1, 0.15) is 40.8 Å². The van der Waals surface area contributed by atoms with Crippen LogP contribution in [0.15, 0.2) is 66.7 Å². The summed E-state index contributed by atoms with van der Waals surface area (Å²) in [5.41, 5.74) is 4.06. The first-order chi connectivity index (χ1) is 16.3. The molecular weight excluding hydrogens is 452 g/mol. The zero-order valence-corrected chi connectivity index (χ0v) is 19.9. The van der Waals surface area contributed by atoms with Gasteiger partial charge in [0.1, 0.15) is 5.75 Å². The molecule has 0 saturated carbocycles. The van der Waals surface area contributed by atoms with Crippen molar-refractivity contribution in [3.05, 3.63) is 99.6 Å². The van der Waals surface area contributed by atoms with Crippen LogP contribution in [0.5, 0.6) is 5.75 Å². The van der Waals surface area contributed by atoms with Crippen LogP contribution in [-0.2, 0) is 30.8 Å². The average Bonchev–Trinajstić information content (AvgIpc) is 2.83. The third kappa shape index (κ3) is 7.85. The number of aliphatic hydroxyl groups excluding tert-OH is 2. The monoisotopic (exact) mass is 482 g/mol. The third-order valence-corrected chi connectivity index (χ3v) is 5.86. The van der Waals surface area contributed by atoms with Crippen LogP contribution in [0.3, 0.4) is 0 Å². The van der Waals surface area contributed by atoms with Gasteiger partial charge in [0.15, 0.2) is 0 Å². The molecule has 7 heteroatoms. The van der Waals surface area contributed by atoms with Crippen molar-refractivity contribution in [2.45, 2.75) is 45.1 Å². The van der Waals surface area contributed by atoms with Gasteiger partial charge < -0.3 is 26.0 Å². The summed E-state index contributed by atoms with van der Waals surface area (Å²) in [6.07, 6.45) is 0.329. The molecule has 0 aliphatic rings. The highest BCUT2D eigenvalue weighted by atomic mass is 35.5. The van der Waals surface area contributed by atoms with E-state index in [0.717, 1.165) is 23.1 Å². The zero-order valence-electron chi connectivity index (χ0n) is 19.2. The van der Waals surface area contributed by atoms with Gasteiger partial charge in [-0.15, -0.1) is 0 Å². The van der Waals surface area contributed by atoms with Gasteiger partial charge in [-0.3, -0.25) is 4.79 Å². The Labute approximate surface area is 205 Å². The van der Waals surface area contributed by atoms with Crippen molar-refractivity contribution in [2.75, 3.05) is 6.54 Å². The Balaban J connectivity index is 1.43. The van der Waals surface area contributed by atoms with E-state index < -0.39 is 6.10 Å². The Bertz CT molecular complexity index is 1090. The Morgan fingerprint density at radius 2 is 1.74 bits per heavy atom. The molecule has 180 valence electrons. The van der Waals surface area contributed by atoms with E-state index in [4.69, 9.17) is 11.6 Å². The van der Waals surface area contributed by atoms with E-state index >= 15 is 0 Å². The van der Waals surface area contributed by atoms with Crippen molar-refractivity contribution >= 4 is 17.5 Å². The topological polar surface area (TPSA) is 102 Å². The first kappa shape index (κ1) is 25.7. The molecule has 0 bridgehead atoms. The fourth-order valence-corrected chi connectivity index (χ4v) is 3.90. The first-order valence-corrected chi connectivity index (χ1v) is 11.6. The number of amides is 1. The Kier molecular flexibility index (Phi) is 9.48. The molecule has 1 unspecified atom stereocenters. The molecule has 3 rings (SSSR count). The number of halogens is 1. The van der Waals surface area contributed by atoms with E-state index in [1.54, 1.807) is 18.2 Å². The number of hydrogen-bond donors (Lipinski definition) is 5. The van der Waals surface area contributed by atoms with Gasteiger partial charge in [-0.05, 0) is 59.9 Å². The van der Waals surface area contributed by atoms with Gasteiger partial charge in [-0.25, -0.2) is 0 Å². The minimum Gasteiger partial charge on any atom is -0.508 e. The van der Waals surface area contributed by atoms with E-state index in [-0.39, 0.29) is 24.3 Å². The summed E-state index contributed by atoms with van der Waals surface area (Å²) >= 11 is 5.97. The van der Waals surface area contributed by atoms with Gasteiger partial charge in [0.05, 0.1) is 19.1 Å². The number of aliphatic hydroxyl groups is 2. The molecule has 0 aliphatic carbocycles. The van der Waals surface area contributed by atoms with Crippen molar-refractivity contribution in [1.82, 2.24) is 10.6 Å². The van der Waals surface area contributed by atoms with Gasteiger partial charge >= 0.3 is 0 Å². The second-order valence-corrected chi connectivity index (χ2v) is 8.91. The molecule has 0 aromatic heterocycles. The lowest BCUT2D eigenvalue weighted by molar-refractivity contribution is -0.120. The molecular formula is C27H31ClN2O4. The number of benzene rings is 3. The standard InChI is InChI=1S/C27H31ClN2O4/c1-18(29-16-26(33)22-9-10-25(32)23(14-22)17-31)11-19-5-7-20(8-6-19)13-27(34)30-15-21-3-2-4-24(28)12-21/h2-10,12,14,18,26,29,31-33H,11,13,15-17H2,1H3,(H,30,34)/t18?,26-/m0/s1. The summed E-state index contributed by atoms with van der Waals surface area (Å²) in [5, 5.41) is 36.2. The minimum absolute atomic E-state index is 0.0156. The molecule has 0 radical (unpaired) electrons. The quantitative estimate of drug-likeness (QED) is 0.287. The molecule has 0 fully saturated rings. The number of hydrogen-bond acceptors (Lipinski definition) is 5. The van der Waals surface area contributed by atoms with E-state index in [2.05, 4.69) is 10.6 Å². The summed E-state index contributed by atoms with van der Waals surface area (Å²) in [6.45, 7) is 2.55. The van der Waals surface area contributed by atoms with Crippen molar-refractivity contribution in [3.63, 3.8) is 0 Å².